The number of carboxylic acid groups (broad SMARTS) is 1. The molecule has 32 heavy (non-hydrogen) atoms. The highest BCUT2D eigenvalue weighted by Crippen LogP contribution is 2.35. The summed E-state index contributed by atoms with van der Waals surface area (Å²) in [5.41, 5.74) is 3.23. The Balaban J connectivity index is 1.73. The summed E-state index contributed by atoms with van der Waals surface area (Å²) in [6.45, 7) is 1.99. The van der Waals surface area contributed by atoms with Gasteiger partial charge in [0.25, 0.3) is 0 Å². The number of hydrogen-bond donors (Lipinski definition) is 1. The molecule has 1 aliphatic rings. The van der Waals surface area contributed by atoms with Crippen molar-refractivity contribution in [3.05, 3.63) is 76.7 Å². The number of carbonyl (C=O) groups is 3. The fourth-order valence-electron chi connectivity index (χ4n) is 4.01. The number of rotatable bonds is 6. The number of carbonyl (C=O) groups excluding carboxylic acids is 2. The maximum atomic E-state index is 13.2. The van der Waals surface area contributed by atoms with E-state index in [1.54, 1.807) is 49.4 Å². The zero-order chi connectivity index (χ0) is 22.8. The molecule has 0 spiro atoms. The Bertz CT molecular complexity index is 1290. The van der Waals surface area contributed by atoms with Crippen LogP contribution in [-0.2, 0) is 22.4 Å². The lowest BCUT2D eigenvalue weighted by Gasteiger charge is -2.12. The number of hydrogen-bond acceptors (Lipinski definition) is 6. The number of ether oxygens (including phenoxy) is 1. The van der Waals surface area contributed by atoms with Gasteiger partial charge >= 0.3 is 11.9 Å². The van der Waals surface area contributed by atoms with Crippen LogP contribution in [0.4, 0.5) is 0 Å². The molecule has 2 aromatic carbocycles. The van der Waals surface area contributed by atoms with Crippen LogP contribution < -0.4 is 0 Å². The van der Waals surface area contributed by atoms with Gasteiger partial charge in [-0.1, -0.05) is 30.3 Å². The fraction of sp³-hybridized carbons (Fsp3) is 0.208. The van der Waals surface area contributed by atoms with Gasteiger partial charge in [0.05, 0.1) is 30.4 Å². The lowest BCUT2D eigenvalue weighted by molar-refractivity contribution is -0.142. The zero-order valence-electron chi connectivity index (χ0n) is 17.2. The Kier molecular flexibility index (Phi) is 5.56. The number of aromatic nitrogens is 2. The minimum atomic E-state index is -1.26. The Morgan fingerprint density at radius 2 is 2.06 bits per heavy atom. The average Bonchev–Trinajstić information content (AvgIpc) is 3.37. The molecular weight excluding hydrogens is 410 g/mol. The van der Waals surface area contributed by atoms with Gasteiger partial charge in [-0.3, -0.25) is 9.59 Å². The monoisotopic (exact) mass is 429 g/mol. The number of nitrogens with zero attached hydrogens (tertiary/aromatic N) is 3. The van der Waals surface area contributed by atoms with Gasteiger partial charge in [0.2, 0.25) is 5.82 Å². The van der Waals surface area contributed by atoms with Crippen molar-refractivity contribution in [2.45, 2.75) is 25.8 Å². The molecule has 0 radical (unpaired) electrons. The Hall–Kier alpha value is -4.25. The van der Waals surface area contributed by atoms with E-state index in [-0.39, 0.29) is 37.0 Å². The first-order chi connectivity index (χ1) is 15.4. The van der Waals surface area contributed by atoms with Crippen molar-refractivity contribution >= 4 is 17.7 Å². The largest absolute Gasteiger partial charge is 0.475 e. The van der Waals surface area contributed by atoms with Crippen molar-refractivity contribution in [1.82, 2.24) is 9.55 Å². The number of fused-ring (bicyclic) bond motifs is 1. The van der Waals surface area contributed by atoms with Crippen molar-refractivity contribution in [3.8, 4) is 17.3 Å². The first kappa shape index (κ1) is 21.0. The van der Waals surface area contributed by atoms with E-state index >= 15 is 0 Å². The number of aromatic carboxylic acids is 1. The number of Topliss-reactive ketones (excluding diaryl/α,β-unsaturated/α-hetero) is 1. The van der Waals surface area contributed by atoms with Crippen LogP contribution in [0.2, 0.25) is 0 Å². The van der Waals surface area contributed by atoms with Gasteiger partial charge in [-0.2, -0.15) is 5.26 Å². The Morgan fingerprint density at radius 1 is 1.28 bits per heavy atom. The van der Waals surface area contributed by atoms with Crippen molar-refractivity contribution < 1.29 is 24.2 Å². The number of carboxylic acids is 1. The van der Waals surface area contributed by atoms with Gasteiger partial charge in [0.1, 0.15) is 6.04 Å². The SMILES string of the molecule is CCOC(=O)Cc1cccc2c1CC(n1cc(-c3cccc(C#N)c3)nc1C(=O)O)C2=O. The normalized spacial score (nSPS) is 14.6. The highest BCUT2D eigenvalue weighted by Gasteiger charge is 2.36. The third-order valence-electron chi connectivity index (χ3n) is 5.43. The molecule has 1 atom stereocenters. The van der Waals surface area contributed by atoms with E-state index in [2.05, 4.69) is 4.98 Å². The summed E-state index contributed by atoms with van der Waals surface area (Å²) >= 11 is 0. The fourth-order valence-corrected chi connectivity index (χ4v) is 4.01. The van der Waals surface area contributed by atoms with E-state index in [0.29, 0.717) is 33.5 Å². The van der Waals surface area contributed by atoms with Crippen LogP contribution in [0.5, 0.6) is 0 Å². The molecule has 0 aliphatic heterocycles. The maximum Gasteiger partial charge on any atom is 0.372 e. The smallest absolute Gasteiger partial charge is 0.372 e. The molecule has 8 nitrogen and oxygen atoms in total. The van der Waals surface area contributed by atoms with E-state index < -0.39 is 12.0 Å². The second-order valence-corrected chi connectivity index (χ2v) is 7.36. The van der Waals surface area contributed by atoms with Crippen molar-refractivity contribution in [2.24, 2.45) is 0 Å². The van der Waals surface area contributed by atoms with Gasteiger partial charge in [-0.05, 0) is 30.2 Å². The lowest BCUT2D eigenvalue weighted by atomic mass is 10.0. The molecule has 0 saturated carbocycles. The number of imidazole rings is 1. The number of nitriles is 1. The molecule has 1 N–H and O–H groups in total. The van der Waals surface area contributed by atoms with Crippen molar-refractivity contribution in [1.29, 1.82) is 5.26 Å². The van der Waals surface area contributed by atoms with Gasteiger partial charge in [0.15, 0.2) is 5.78 Å². The number of esters is 1. The predicted molar refractivity (Wildman–Crippen MR) is 113 cm³/mol. The number of ketones is 1. The molecule has 0 saturated heterocycles. The quantitative estimate of drug-likeness (QED) is 0.597. The van der Waals surface area contributed by atoms with Crippen LogP contribution >= 0.6 is 0 Å². The van der Waals surface area contributed by atoms with E-state index in [9.17, 15) is 19.5 Å². The van der Waals surface area contributed by atoms with Crippen molar-refractivity contribution in [3.63, 3.8) is 0 Å². The lowest BCUT2D eigenvalue weighted by Crippen LogP contribution is -2.20. The highest BCUT2D eigenvalue weighted by atomic mass is 16.5. The molecular formula is C24H19N3O5. The van der Waals surface area contributed by atoms with Gasteiger partial charge in [0, 0.05) is 23.7 Å². The first-order valence-electron chi connectivity index (χ1n) is 10.1. The molecule has 1 aliphatic carbocycles. The third kappa shape index (κ3) is 3.76. The standard InChI is InChI=1S/C24H19N3O5/c1-2-32-21(28)10-15-6-4-8-17-18(15)11-20(22(17)29)27-13-19(26-23(27)24(30)31)16-7-3-5-14(9-16)12-25/h3-9,13,20H,2,10-11H2,1H3,(H,30,31). The molecule has 4 rings (SSSR count). The molecule has 1 unspecified atom stereocenters. The summed E-state index contributed by atoms with van der Waals surface area (Å²) in [7, 11) is 0. The van der Waals surface area contributed by atoms with Gasteiger partial charge in [-0.25, -0.2) is 9.78 Å². The van der Waals surface area contributed by atoms with Gasteiger partial charge in [-0.15, -0.1) is 0 Å². The predicted octanol–water partition coefficient (Wildman–Crippen LogP) is 3.21. The summed E-state index contributed by atoms with van der Waals surface area (Å²) in [5, 5.41) is 18.9. The highest BCUT2D eigenvalue weighted by molar-refractivity contribution is 6.04. The average molecular weight is 429 g/mol. The molecule has 160 valence electrons. The van der Waals surface area contributed by atoms with Crippen LogP contribution in [0, 0.1) is 11.3 Å². The minimum Gasteiger partial charge on any atom is -0.475 e. The Labute approximate surface area is 183 Å². The second kappa shape index (κ2) is 8.47. The van der Waals surface area contributed by atoms with Crippen LogP contribution in [0.3, 0.4) is 0 Å². The second-order valence-electron chi connectivity index (χ2n) is 7.36. The van der Waals surface area contributed by atoms with E-state index in [1.165, 1.54) is 10.8 Å². The molecule has 0 amide bonds. The minimum absolute atomic E-state index is 0.0406. The van der Waals surface area contributed by atoms with E-state index in [1.807, 2.05) is 6.07 Å². The van der Waals surface area contributed by atoms with Crippen LogP contribution in [0.15, 0.2) is 48.7 Å². The molecule has 1 heterocycles. The summed E-state index contributed by atoms with van der Waals surface area (Å²) in [6, 6.07) is 13.1. The summed E-state index contributed by atoms with van der Waals surface area (Å²) in [4.78, 5) is 41.3. The molecule has 3 aromatic rings. The maximum absolute atomic E-state index is 13.2. The topological polar surface area (TPSA) is 122 Å². The molecule has 8 heteroatoms. The van der Waals surface area contributed by atoms with Crippen molar-refractivity contribution in [2.75, 3.05) is 6.61 Å². The van der Waals surface area contributed by atoms with E-state index in [0.717, 1.165) is 0 Å². The molecule has 1 aromatic heterocycles. The summed E-state index contributed by atoms with van der Waals surface area (Å²) < 4.78 is 6.39. The van der Waals surface area contributed by atoms with Gasteiger partial charge < -0.3 is 14.4 Å². The summed E-state index contributed by atoms with van der Waals surface area (Å²) in [5.74, 6) is -2.14. The first-order valence-corrected chi connectivity index (χ1v) is 10.1. The van der Waals surface area contributed by atoms with Crippen LogP contribution in [0.1, 0.15) is 50.6 Å². The van der Waals surface area contributed by atoms with E-state index in [4.69, 9.17) is 10.00 Å². The third-order valence-corrected chi connectivity index (χ3v) is 5.43. The molecule has 0 fully saturated rings. The summed E-state index contributed by atoms with van der Waals surface area (Å²) in [6.07, 6.45) is 1.82. The molecule has 0 bridgehead atoms. The zero-order valence-corrected chi connectivity index (χ0v) is 17.2. The van der Waals surface area contributed by atoms with Crippen LogP contribution in [-0.4, -0.2) is 39.0 Å². The Morgan fingerprint density at radius 3 is 2.78 bits per heavy atom. The number of benzene rings is 2. The van der Waals surface area contributed by atoms with Crippen LogP contribution in [0.25, 0.3) is 11.3 Å².